The molecular formula is C22H31N3O2. The fourth-order valence-electron chi connectivity index (χ4n) is 4.53. The molecule has 0 amide bonds. The summed E-state index contributed by atoms with van der Waals surface area (Å²) in [7, 11) is 1.73. The Morgan fingerprint density at radius 1 is 1.15 bits per heavy atom. The minimum atomic E-state index is 0.454. The molecule has 0 spiro atoms. The van der Waals surface area contributed by atoms with E-state index in [0.717, 1.165) is 37.8 Å². The Bertz CT molecular complexity index is 772. The van der Waals surface area contributed by atoms with Crippen molar-refractivity contribution in [3.8, 4) is 17.1 Å². The van der Waals surface area contributed by atoms with E-state index in [1.54, 1.807) is 7.11 Å². The van der Waals surface area contributed by atoms with Gasteiger partial charge in [0, 0.05) is 50.2 Å². The van der Waals surface area contributed by atoms with Crippen molar-refractivity contribution in [1.82, 2.24) is 14.5 Å². The first kappa shape index (κ1) is 18.5. The highest BCUT2D eigenvalue weighted by molar-refractivity contribution is 5.65. The first-order chi connectivity index (χ1) is 13.2. The van der Waals surface area contributed by atoms with Crippen LogP contribution in [0.1, 0.15) is 42.9 Å². The van der Waals surface area contributed by atoms with Crippen LogP contribution in [-0.4, -0.2) is 53.9 Å². The summed E-state index contributed by atoms with van der Waals surface area (Å²) in [6, 6.07) is 4.72. The Labute approximate surface area is 162 Å². The van der Waals surface area contributed by atoms with Crippen LogP contribution in [0.2, 0.25) is 0 Å². The lowest BCUT2D eigenvalue weighted by Gasteiger charge is -2.34. The van der Waals surface area contributed by atoms with Crippen LogP contribution in [0.15, 0.2) is 24.5 Å². The van der Waals surface area contributed by atoms with Crippen molar-refractivity contribution >= 4 is 0 Å². The second kappa shape index (κ2) is 8.03. The highest BCUT2D eigenvalue weighted by Crippen LogP contribution is 2.33. The monoisotopic (exact) mass is 369 g/mol. The second-order valence-corrected chi connectivity index (χ2v) is 7.89. The summed E-state index contributed by atoms with van der Waals surface area (Å²) in [6.07, 6.45) is 9.33. The number of aromatic nitrogens is 2. The van der Waals surface area contributed by atoms with Gasteiger partial charge in [0.05, 0.1) is 13.2 Å². The predicted octanol–water partition coefficient (Wildman–Crippen LogP) is 3.99. The van der Waals surface area contributed by atoms with Crippen LogP contribution in [0.5, 0.6) is 5.75 Å². The number of methoxy groups -OCH3 is 1. The first-order valence-corrected chi connectivity index (χ1v) is 10.2. The average molecular weight is 370 g/mol. The molecule has 2 aliphatic heterocycles. The Hall–Kier alpha value is -1.85. The lowest BCUT2D eigenvalue weighted by molar-refractivity contribution is 0.0608. The van der Waals surface area contributed by atoms with Crippen molar-refractivity contribution in [3.05, 3.63) is 35.7 Å². The van der Waals surface area contributed by atoms with Gasteiger partial charge in [-0.05, 0) is 62.8 Å². The largest absolute Gasteiger partial charge is 0.496 e. The Balaban J connectivity index is 1.48. The third-order valence-electron chi connectivity index (χ3n) is 6.30. The van der Waals surface area contributed by atoms with Crippen molar-refractivity contribution in [2.45, 2.75) is 51.7 Å². The molecule has 0 radical (unpaired) electrons. The maximum atomic E-state index is 5.81. The SMILES string of the molecule is COc1ccc(-c2nccn2C2CCN(C[C@@H]3CCCO3)CC2)c(C)c1C. The standard InChI is InChI=1S/C22H31N3O2/c1-16-17(2)21(26-3)7-6-20(16)22-23-10-13-25(22)18-8-11-24(12-9-18)15-19-5-4-14-27-19/h6-7,10,13,18-19H,4-5,8-9,11-12,14-15H2,1-3H3/t19-/m0/s1. The fourth-order valence-corrected chi connectivity index (χ4v) is 4.53. The van der Waals surface area contributed by atoms with Crippen LogP contribution in [0.4, 0.5) is 0 Å². The molecule has 3 heterocycles. The van der Waals surface area contributed by atoms with E-state index in [4.69, 9.17) is 14.5 Å². The molecule has 2 saturated heterocycles. The molecule has 146 valence electrons. The molecule has 0 unspecified atom stereocenters. The van der Waals surface area contributed by atoms with Crippen LogP contribution in [0.3, 0.4) is 0 Å². The molecule has 5 heteroatoms. The van der Waals surface area contributed by atoms with E-state index in [0.29, 0.717) is 12.1 Å². The molecule has 0 bridgehead atoms. The number of likely N-dealkylation sites (tertiary alicyclic amines) is 1. The van der Waals surface area contributed by atoms with Crippen LogP contribution < -0.4 is 4.74 Å². The second-order valence-electron chi connectivity index (χ2n) is 7.89. The van der Waals surface area contributed by atoms with Crippen molar-refractivity contribution < 1.29 is 9.47 Å². The van der Waals surface area contributed by atoms with Gasteiger partial charge in [0.1, 0.15) is 11.6 Å². The maximum absolute atomic E-state index is 5.81. The molecular weight excluding hydrogens is 338 g/mol. The molecule has 1 aromatic heterocycles. The normalized spacial score (nSPS) is 21.7. The van der Waals surface area contributed by atoms with Crippen LogP contribution in [0.25, 0.3) is 11.4 Å². The summed E-state index contributed by atoms with van der Waals surface area (Å²) in [5.74, 6) is 2.02. The molecule has 5 nitrogen and oxygen atoms in total. The van der Waals surface area contributed by atoms with Gasteiger partial charge >= 0.3 is 0 Å². The molecule has 0 N–H and O–H groups in total. The third kappa shape index (κ3) is 3.76. The summed E-state index contributed by atoms with van der Waals surface area (Å²) < 4.78 is 13.7. The number of piperidine rings is 1. The first-order valence-electron chi connectivity index (χ1n) is 10.2. The van der Waals surface area contributed by atoms with E-state index >= 15 is 0 Å². The number of nitrogens with zero attached hydrogens (tertiary/aromatic N) is 3. The lowest BCUT2D eigenvalue weighted by Crippen LogP contribution is -2.39. The van der Waals surface area contributed by atoms with E-state index in [-0.39, 0.29) is 0 Å². The number of benzene rings is 1. The van der Waals surface area contributed by atoms with Gasteiger partial charge in [-0.2, -0.15) is 0 Å². The Morgan fingerprint density at radius 3 is 2.67 bits per heavy atom. The van der Waals surface area contributed by atoms with Crippen molar-refractivity contribution in [2.75, 3.05) is 33.4 Å². The molecule has 2 aromatic rings. The molecule has 2 aliphatic rings. The number of hydrogen-bond acceptors (Lipinski definition) is 4. The van der Waals surface area contributed by atoms with Crippen molar-refractivity contribution in [1.29, 1.82) is 0 Å². The zero-order valence-corrected chi connectivity index (χ0v) is 16.8. The number of rotatable bonds is 5. The Morgan fingerprint density at radius 2 is 1.96 bits per heavy atom. The van der Waals surface area contributed by atoms with Gasteiger partial charge in [-0.15, -0.1) is 0 Å². The van der Waals surface area contributed by atoms with E-state index < -0.39 is 0 Å². The number of imidazole rings is 1. The third-order valence-corrected chi connectivity index (χ3v) is 6.30. The van der Waals surface area contributed by atoms with Gasteiger partial charge < -0.3 is 18.9 Å². The smallest absolute Gasteiger partial charge is 0.140 e. The molecule has 1 atom stereocenters. The molecule has 0 saturated carbocycles. The average Bonchev–Trinajstić information content (AvgIpc) is 3.37. The topological polar surface area (TPSA) is 39.5 Å². The summed E-state index contributed by atoms with van der Waals surface area (Å²) in [5.41, 5.74) is 3.65. The summed E-state index contributed by atoms with van der Waals surface area (Å²) >= 11 is 0. The summed E-state index contributed by atoms with van der Waals surface area (Å²) in [6.45, 7) is 8.61. The zero-order chi connectivity index (χ0) is 18.8. The molecule has 2 fully saturated rings. The van der Waals surface area contributed by atoms with Gasteiger partial charge in [-0.3, -0.25) is 0 Å². The zero-order valence-electron chi connectivity index (χ0n) is 16.8. The Kier molecular flexibility index (Phi) is 5.50. The minimum absolute atomic E-state index is 0.454. The molecule has 27 heavy (non-hydrogen) atoms. The van der Waals surface area contributed by atoms with E-state index in [1.165, 1.54) is 42.4 Å². The molecule has 0 aliphatic carbocycles. The van der Waals surface area contributed by atoms with Crippen molar-refractivity contribution in [3.63, 3.8) is 0 Å². The van der Waals surface area contributed by atoms with Gasteiger partial charge in [0.2, 0.25) is 0 Å². The van der Waals surface area contributed by atoms with Crippen molar-refractivity contribution in [2.24, 2.45) is 0 Å². The van der Waals surface area contributed by atoms with Crippen LogP contribution in [-0.2, 0) is 4.74 Å². The minimum Gasteiger partial charge on any atom is -0.496 e. The lowest BCUT2D eigenvalue weighted by atomic mass is 10.00. The fraction of sp³-hybridized carbons (Fsp3) is 0.591. The highest BCUT2D eigenvalue weighted by Gasteiger charge is 2.26. The quantitative estimate of drug-likeness (QED) is 0.799. The number of ether oxygens (including phenoxy) is 2. The van der Waals surface area contributed by atoms with E-state index in [2.05, 4.69) is 41.6 Å². The predicted molar refractivity (Wildman–Crippen MR) is 107 cm³/mol. The molecule has 4 rings (SSSR count). The van der Waals surface area contributed by atoms with Crippen LogP contribution in [0, 0.1) is 13.8 Å². The molecule has 1 aromatic carbocycles. The summed E-state index contributed by atoms with van der Waals surface area (Å²) in [4.78, 5) is 7.29. The summed E-state index contributed by atoms with van der Waals surface area (Å²) in [5, 5.41) is 0. The van der Waals surface area contributed by atoms with Gasteiger partial charge in [-0.1, -0.05) is 0 Å². The van der Waals surface area contributed by atoms with Gasteiger partial charge in [-0.25, -0.2) is 4.98 Å². The van der Waals surface area contributed by atoms with E-state index in [9.17, 15) is 0 Å². The van der Waals surface area contributed by atoms with Gasteiger partial charge in [0.15, 0.2) is 0 Å². The maximum Gasteiger partial charge on any atom is 0.140 e. The van der Waals surface area contributed by atoms with Gasteiger partial charge in [0.25, 0.3) is 0 Å². The van der Waals surface area contributed by atoms with E-state index in [1.807, 2.05) is 6.20 Å². The highest BCUT2D eigenvalue weighted by atomic mass is 16.5. The van der Waals surface area contributed by atoms with Crippen LogP contribution >= 0.6 is 0 Å². The number of hydrogen-bond donors (Lipinski definition) is 0.